The van der Waals surface area contributed by atoms with Gasteiger partial charge in [-0.05, 0) is 23.8 Å². The molecule has 1 amide bonds. The zero-order chi connectivity index (χ0) is 17.6. The molecule has 4 rings (SSSR count). The maximum absolute atomic E-state index is 13.1. The smallest absolute Gasteiger partial charge is 0.290 e. The van der Waals surface area contributed by atoms with Crippen molar-refractivity contribution in [3.63, 3.8) is 0 Å². The summed E-state index contributed by atoms with van der Waals surface area (Å²) in [5.41, 5.74) is 1.29. The first kappa shape index (κ1) is 16.1. The number of halogens is 1. The largest absolute Gasteiger partial charge is 0.450 e. The van der Waals surface area contributed by atoms with E-state index < -0.39 is 6.04 Å². The number of benzene rings is 2. The summed E-state index contributed by atoms with van der Waals surface area (Å²) in [5.74, 6) is -0.318. The molecule has 126 valence electrons. The van der Waals surface area contributed by atoms with Crippen molar-refractivity contribution in [1.82, 2.24) is 4.90 Å². The molecule has 2 aromatic carbocycles. The third kappa shape index (κ3) is 2.49. The number of carbonyl (C=O) groups is 1. The molecule has 0 radical (unpaired) electrons. The Morgan fingerprint density at radius 3 is 2.60 bits per heavy atom. The molecule has 0 fully saturated rings. The molecular weight excluding hydrogens is 386 g/mol. The van der Waals surface area contributed by atoms with Crippen LogP contribution in [-0.2, 0) is 0 Å². The standard InChI is InChI=1S/C19H14BrNO4/c20-12-6-7-14-13(10-12)17(23)15-16(11-4-2-1-3-5-11)21(8-9-22)19(24)18(15)25-14/h1-7,10,16,22H,8-9H2/t16-/m0/s1. The van der Waals surface area contributed by atoms with Crippen molar-refractivity contribution in [2.45, 2.75) is 6.04 Å². The van der Waals surface area contributed by atoms with E-state index >= 15 is 0 Å². The van der Waals surface area contributed by atoms with Gasteiger partial charge in [-0.25, -0.2) is 0 Å². The summed E-state index contributed by atoms with van der Waals surface area (Å²) in [6.07, 6.45) is 0. The molecule has 0 aliphatic carbocycles. The van der Waals surface area contributed by atoms with Crippen LogP contribution in [-0.4, -0.2) is 29.1 Å². The van der Waals surface area contributed by atoms with E-state index in [0.717, 1.165) is 10.0 Å². The predicted octanol–water partition coefficient (Wildman–Crippen LogP) is 3.09. The van der Waals surface area contributed by atoms with Gasteiger partial charge in [-0.3, -0.25) is 9.59 Å². The molecule has 1 atom stereocenters. The van der Waals surface area contributed by atoms with E-state index in [-0.39, 0.29) is 30.2 Å². The Balaban J connectivity index is 2.03. The molecule has 1 aliphatic heterocycles. The highest BCUT2D eigenvalue weighted by Crippen LogP contribution is 2.37. The van der Waals surface area contributed by atoms with Gasteiger partial charge in [-0.1, -0.05) is 46.3 Å². The van der Waals surface area contributed by atoms with Crippen LogP contribution in [0.2, 0.25) is 0 Å². The average molecular weight is 400 g/mol. The summed E-state index contributed by atoms with van der Waals surface area (Å²) in [7, 11) is 0. The monoisotopic (exact) mass is 399 g/mol. The normalized spacial score (nSPS) is 16.5. The van der Waals surface area contributed by atoms with Gasteiger partial charge < -0.3 is 14.4 Å². The van der Waals surface area contributed by atoms with Crippen LogP contribution in [0.5, 0.6) is 0 Å². The topological polar surface area (TPSA) is 70.8 Å². The Morgan fingerprint density at radius 1 is 1.12 bits per heavy atom. The fourth-order valence-electron chi connectivity index (χ4n) is 3.31. The molecule has 25 heavy (non-hydrogen) atoms. The zero-order valence-corrected chi connectivity index (χ0v) is 14.7. The van der Waals surface area contributed by atoms with Crippen molar-refractivity contribution in [3.05, 3.63) is 80.1 Å². The van der Waals surface area contributed by atoms with E-state index in [0.29, 0.717) is 16.5 Å². The molecule has 0 saturated heterocycles. The molecule has 0 saturated carbocycles. The van der Waals surface area contributed by atoms with Crippen molar-refractivity contribution in [1.29, 1.82) is 0 Å². The second-order valence-corrected chi connectivity index (χ2v) is 6.77. The minimum atomic E-state index is -0.560. The van der Waals surface area contributed by atoms with Crippen molar-refractivity contribution < 1.29 is 14.3 Å². The van der Waals surface area contributed by atoms with Crippen molar-refractivity contribution >= 4 is 32.8 Å². The second-order valence-electron chi connectivity index (χ2n) is 5.85. The van der Waals surface area contributed by atoms with Crippen LogP contribution in [0.1, 0.15) is 27.7 Å². The molecule has 1 N–H and O–H groups in total. The predicted molar refractivity (Wildman–Crippen MR) is 96.6 cm³/mol. The number of amides is 1. The maximum Gasteiger partial charge on any atom is 0.290 e. The summed E-state index contributed by atoms with van der Waals surface area (Å²) < 4.78 is 6.55. The van der Waals surface area contributed by atoms with Crippen molar-refractivity contribution in [3.8, 4) is 0 Å². The fourth-order valence-corrected chi connectivity index (χ4v) is 3.67. The summed E-state index contributed by atoms with van der Waals surface area (Å²) in [4.78, 5) is 27.4. The number of aliphatic hydroxyl groups is 1. The Morgan fingerprint density at radius 2 is 1.88 bits per heavy atom. The van der Waals surface area contributed by atoms with Gasteiger partial charge in [0.15, 0.2) is 5.43 Å². The third-order valence-electron chi connectivity index (χ3n) is 4.38. The lowest BCUT2D eigenvalue weighted by Gasteiger charge is -2.24. The lowest BCUT2D eigenvalue weighted by Crippen LogP contribution is -2.32. The lowest BCUT2D eigenvalue weighted by atomic mass is 9.98. The van der Waals surface area contributed by atoms with Crippen LogP contribution in [0, 0.1) is 0 Å². The van der Waals surface area contributed by atoms with Gasteiger partial charge in [-0.2, -0.15) is 0 Å². The van der Waals surface area contributed by atoms with Gasteiger partial charge in [-0.15, -0.1) is 0 Å². The van der Waals surface area contributed by atoms with Crippen LogP contribution in [0.25, 0.3) is 11.0 Å². The summed E-state index contributed by atoms with van der Waals surface area (Å²) in [5, 5.41) is 9.80. The summed E-state index contributed by atoms with van der Waals surface area (Å²) in [6, 6.07) is 13.9. The first-order chi connectivity index (χ1) is 12.1. The van der Waals surface area contributed by atoms with Crippen molar-refractivity contribution in [2.24, 2.45) is 0 Å². The number of nitrogens with zero attached hydrogens (tertiary/aromatic N) is 1. The fraction of sp³-hybridized carbons (Fsp3) is 0.158. The molecule has 5 nitrogen and oxygen atoms in total. The zero-order valence-electron chi connectivity index (χ0n) is 13.1. The second kappa shape index (κ2) is 6.13. The number of aliphatic hydroxyl groups excluding tert-OH is 1. The molecule has 6 heteroatoms. The highest BCUT2D eigenvalue weighted by Gasteiger charge is 2.42. The highest BCUT2D eigenvalue weighted by atomic mass is 79.9. The Hall–Kier alpha value is -2.44. The van der Waals surface area contributed by atoms with E-state index in [1.807, 2.05) is 30.3 Å². The molecule has 3 aromatic rings. The van der Waals surface area contributed by atoms with Gasteiger partial charge >= 0.3 is 0 Å². The number of fused-ring (bicyclic) bond motifs is 2. The molecule has 2 heterocycles. The van der Waals surface area contributed by atoms with E-state index in [1.165, 1.54) is 4.90 Å². The Labute approximate surface area is 151 Å². The maximum atomic E-state index is 13.1. The van der Waals surface area contributed by atoms with Crippen LogP contribution < -0.4 is 5.43 Å². The molecule has 1 aliphatic rings. The minimum Gasteiger partial charge on any atom is -0.450 e. The van der Waals surface area contributed by atoms with Crippen LogP contribution in [0.15, 0.2) is 62.2 Å². The van der Waals surface area contributed by atoms with E-state index in [4.69, 9.17) is 4.42 Å². The molecule has 0 unspecified atom stereocenters. The van der Waals surface area contributed by atoms with Crippen LogP contribution in [0.4, 0.5) is 0 Å². The quantitative estimate of drug-likeness (QED) is 0.734. The van der Waals surface area contributed by atoms with E-state index in [1.54, 1.807) is 18.2 Å². The first-order valence-corrected chi connectivity index (χ1v) is 8.64. The number of hydrogen-bond donors (Lipinski definition) is 1. The SMILES string of the molecule is O=C1c2oc3ccc(Br)cc3c(=O)c2[C@H](c2ccccc2)N1CCO. The lowest BCUT2D eigenvalue weighted by molar-refractivity contribution is 0.0691. The number of hydrogen-bond acceptors (Lipinski definition) is 4. The average Bonchev–Trinajstić information content (AvgIpc) is 2.90. The highest BCUT2D eigenvalue weighted by molar-refractivity contribution is 9.10. The van der Waals surface area contributed by atoms with Gasteiger partial charge in [0.05, 0.1) is 23.6 Å². The van der Waals surface area contributed by atoms with Gasteiger partial charge in [0.1, 0.15) is 5.58 Å². The van der Waals surface area contributed by atoms with E-state index in [2.05, 4.69) is 15.9 Å². The molecule has 0 bridgehead atoms. The Bertz CT molecular complexity index is 1030. The third-order valence-corrected chi connectivity index (χ3v) is 4.88. The first-order valence-electron chi connectivity index (χ1n) is 7.85. The van der Waals surface area contributed by atoms with Crippen LogP contribution >= 0.6 is 15.9 Å². The molecule has 1 aromatic heterocycles. The summed E-state index contributed by atoms with van der Waals surface area (Å²) >= 11 is 3.36. The molecule has 0 spiro atoms. The van der Waals surface area contributed by atoms with Crippen molar-refractivity contribution in [2.75, 3.05) is 13.2 Å². The summed E-state index contributed by atoms with van der Waals surface area (Å²) in [6.45, 7) is -0.0651. The van der Waals surface area contributed by atoms with Crippen LogP contribution in [0.3, 0.4) is 0 Å². The Kier molecular flexibility index (Phi) is 3.94. The minimum absolute atomic E-state index is 0.0575. The number of carbonyl (C=O) groups excluding carboxylic acids is 1. The van der Waals surface area contributed by atoms with E-state index in [9.17, 15) is 14.7 Å². The van der Waals surface area contributed by atoms with Gasteiger partial charge in [0.25, 0.3) is 5.91 Å². The molecular formula is C19H14BrNO4. The number of rotatable bonds is 3. The number of β-amino-alcohol motifs (C(OH)–C–C–N with tert-alkyl or cyclic N) is 1. The van der Waals surface area contributed by atoms with Gasteiger partial charge in [0, 0.05) is 11.0 Å². The van der Waals surface area contributed by atoms with Gasteiger partial charge in [0.2, 0.25) is 5.76 Å².